The normalized spacial score (nSPS) is 19.8. The van der Waals surface area contributed by atoms with Gasteiger partial charge in [-0.1, -0.05) is 18.2 Å². The van der Waals surface area contributed by atoms with Crippen molar-refractivity contribution in [3.63, 3.8) is 0 Å². The van der Waals surface area contributed by atoms with Crippen LogP contribution in [0.3, 0.4) is 0 Å². The Hall–Kier alpha value is -3.44. The molecule has 5 rings (SSSR count). The van der Waals surface area contributed by atoms with Crippen LogP contribution < -0.4 is 11.0 Å². The van der Waals surface area contributed by atoms with E-state index in [0.29, 0.717) is 6.54 Å². The minimum atomic E-state index is -1.12. The molecule has 0 radical (unpaired) electrons. The maximum Gasteiger partial charge on any atom is 0.419 e. The maximum absolute atomic E-state index is 13.9. The molecule has 204 valence electrons. The van der Waals surface area contributed by atoms with Crippen molar-refractivity contribution in [2.75, 3.05) is 26.2 Å². The number of hydrogen-bond acceptors (Lipinski definition) is 5. The van der Waals surface area contributed by atoms with E-state index in [0.717, 1.165) is 54.0 Å². The van der Waals surface area contributed by atoms with Crippen molar-refractivity contribution in [3.8, 4) is 0 Å². The zero-order valence-corrected chi connectivity index (χ0v) is 21.9. The highest BCUT2D eigenvalue weighted by Crippen LogP contribution is 2.41. The second kappa shape index (κ2) is 10.7. The number of cyclic esters (lactones) is 1. The summed E-state index contributed by atoms with van der Waals surface area (Å²) in [4.78, 5) is 44.0. The number of carbonyl (C=O) groups is 2. The molecule has 3 aromatic rings. The van der Waals surface area contributed by atoms with Crippen molar-refractivity contribution in [1.29, 1.82) is 0 Å². The van der Waals surface area contributed by atoms with Crippen LogP contribution >= 0.6 is 12.4 Å². The number of likely N-dealkylation sites (tertiary alicyclic amines) is 1. The molecule has 2 aliphatic rings. The topological polar surface area (TPSA) is 99.7 Å². The van der Waals surface area contributed by atoms with Crippen LogP contribution in [0.4, 0.5) is 18.4 Å². The number of piperidine rings is 1. The standard InChI is InChI=1S/C26H29F2N5O4.ClH/c1-26(2)22(16-7-8-18(27)19(28)15-16)33(25(36)37-26)23(34)29-11-14-31-12-9-17(10-13-31)32-21-6-4-3-5-20(21)30-24(32)35;/h3-8,15,17,22H,9-14H2,1-2H3,(H,29,34)(H,30,35);1H. The van der Waals surface area contributed by atoms with Crippen LogP contribution in [0.2, 0.25) is 0 Å². The van der Waals surface area contributed by atoms with Gasteiger partial charge in [0.2, 0.25) is 0 Å². The predicted molar refractivity (Wildman–Crippen MR) is 139 cm³/mol. The molecule has 3 amide bonds. The van der Waals surface area contributed by atoms with E-state index in [9.17, 15) is 23.2 Å². The van der Waals surface area contributed by atoms with E-state index in [1.807, 2.05) is 28.8 Å². The fourth-order valence-electron chi connectivity index (χ4n) is 5.42. The lowest BCUT2D eigenvalue weighted by Crippen LogP contribution is -2.47. The van der Waals surface area contributed by atoms with Crippen molar-refractivity contribution in [2.24, 2.45) is 0 Å². The molecule has 1 unspecified atom stereocenters. The van der Waals surface area contributed by atoms with Crippen LogP contribution in [-0.4, -0.2) is 63.3 Å². The number of urea groups is 1. The number of para-hydroxylation sites is 2. The second-order valence-corrected chi connectivity index (χ2v) is 10.0. The number of amides is 3. The van der Waals surface area contributed by atoms with Crippen molar-refractivity contribution >= 4 is 35.6 Å². The largest absolute Gasteiger partial charge is 0.440 e. The van der Waals surface area contributed by atoms with Gasteiger partial charge in [-0.3, -0.25) is 4.57 Å². The highest BCUT2D eigenvalue weighted by Gasteiger charge is 2.51. The van der Waals surface area contributed by atoms with Crippen LogP contribution in [0.15, 0.2) is 47.3 Å². The Labute approximate surface area is 224 Å². The van der Waals surface area contributed by atoms with Gasteiger partial charge in [0.25, 0.3) is 0 Å². The molecule has 38 heavy (non-hydrogen) atoms. The van der Waals surface area contributed by atoms with Crippen molar-refractivity contribution in [2.45, 2.75) is 44.4 Å². The molecule has 2 N–H and O–H groups in total. The fraction of sp³-hybridized carbons (Fsp3) is 0.423. The van der Waals surface area contributed by atoms with Crippen molar-refractivity contribution < 1.29 is 23.1 Å². The Morgan fingerprint density at radius 1 is 1.11 bits per heavy atom. The summed E-state index contributed by atoms with van der Waals surface area (Å²) < 4.78 is 34.5. The van der Waals surface area contributed by atoms with Crippen LogP contribution in [0.5, 0.6) is 0 Å². The first-order valence-electron chi connectivity index (χ1n) is 12.3. The molecule has 9 nitrogen and oxygen atoms in total. The summed E-state index contributed by atoms with van der Waals surface area (Å²) in [6.45, 7) is 5.58. The molecule has 0 aliphatic carbocycles. The van der Waals surface area contributed by atoms with Gasteiger partial charge in [-0.15, -0.1) is 12.4 Å². The molecule has 0 saturated carbocycles. The van der Waals surface area contributed by atoms with Crippen molar-refractivity contribution in [1.82, 2.24) is 24.7 Å². The van der Waals surface area contributed by atoms with Crippen LogP contribution in [-0.2, 0) is 4.74 Å². The summed E-state index contributed by atoms with van der Waals surface area (Å²) in [6, 6.07) is 9.43. The van der Waals surface area contributed by atoms with E-state index < -0.39 is 35.4 Å². The number of hydrogen-bond donors (Lipinski definition) is 2. The molecule has 2 saturated heterocycles. The van der Waals surface area contributed by atoms with Gasteiger partial charge in [0, 0.05) is 32.2 Å². The minimum Gasteiger partial charge on any atom is -0.440 e. The predicted octanol–water partition coefficient (Wildman–Crippen LogP) is 4.35. The molecular formula is C26H30ClF2N5O4. The third-order valence-corrected chi connectivity index (χ3v) is 7.19. The highest BCUT2D eigenvalue weighted by molar-refractivity contribution is 5.93. The molecule has 3 heterocycles. The maximum atomic E-state index is 13.9. The number of fused-ring (bicyclic) bond motifs is 1. The summed E-state index contributed by atoms with van der Waals surface area (Å²) in [5, 5.41) is 2.75. The van der Waals surface area contributed by atoms with Gasteiger partial charge in [-0.25, -0.2) is 28.1 Å². The second-order valence-electron chi connectivity index (χ2n) is 10.0. The average molecular weight is 550 g/mol. The minimum absolute atomic E-state index is 0. The first-order valence-corrected chi connectivity index (χ1v) is 12.3. The molecule has 12 heteroatoms. The Bertz CT molecular complexity index is 1400. The van der Waals surface area contributed by atoms with E-state index in [1.54, 1.807) is 13.8 Å². The zero-order chi connectivity index (χ0) is 26.3. The molecule has 1 atom stereocenters. The van der Waals surface area contributed by atoms with Gasteiger partial charge in [0.15, 0.2) is 11.6 Å². The lowest BCUT2D eigenvalue weighted by Gasteiger charge is -2.32. The summed E-state index contributed by atoms with van der Waals surface area (Å²) in [6.07, 6.45) is 0.739. The highest BCUT2D eigenvalue weighted by atomic mass is 35.5. The third kappa shape index (κ3) is 5.12. The van der Waals surface area contributed by atoms with Gasteiger partial charge in [0.1, 0.15) is 11.6 Å². The molecule has 1 aromatic heterocycles. The number of benzene rings is 2. The summed E-state index contributed by atoms with van der Waals surface area (Å²) in [7, 11) is 0. The molecular weight excluding hydrogens is 520 g/mol. The van der Waals surface area contributed by atoms with Gasteiger partial charge in [0.05, 0.1) is 11.0 Å². The van der Waals surface area contributed by atoms with Gasteiger partial charge < -0.3 is 19.9 Å². The van der Waals surface area contributed by atoms with E-state index >= 15 is 0 Å². The number of aromatic amines is 1. The van der Waals surface area contributed by atoms with E-state index in [-0.39, 0.29) is 36.2 Å². The Morgan fingerprint density at radius 3 is 2.53 bits per heavy atom. The van der Waals surface area contributed by atoms with Crippen LogP contribution in [0.25, 0.3) is 11.0 Å². The van der Waals surface area contributed by atoms with Gasteiger partial charge >= 0.3 is 17.8 Å². The van der Waals surface area contributed by atoms with Crippen molar-refractivity contribution in [3.05, 3.63) is 70.1 Å². The third-order valence-electron chi connectivity index (χ3n) is 7.19. The SMILES string of the molecule is CC1(C)OC(=O)N(C(=O)NCCN2CCC(n3c(=O)[nH]c4ccccc43)CC2)C1c1ccc(F)c(F)c1.Cl. The van der Waals surface area contributed by atoms with Crippen LogP contribution in [0.1, 0.15) is 44.3 Å². The number of nitrogens with zero attached hydrogens (tertiary/aromatic N) is 3. The molecule has 2 fully saturated rings. The number of ether oxygens (including phenoxy) is 1. The number of halogens is 3. The number of imide groups is 1. The average Bonchev–Trinajstić information content (AvgIpc) is 3.32. The number of H-pyrrole nitrogens is 1. The first kappa shape index (κ1) is 27.6. The summed E-state index contributed by atoms with van der Waals surface area (Å²) in [5.74, 6) is -2.08. The number of imidazole rings is 1. The summed E-state index contributed by atoms with van der Waals surface area (Å²) >= 11 is 0. The molecule has 0 bridgehead atoms. The van der Waals surface area contributed by atoms with Gasteiger partial charge in [-0.05, 0) is 56.5 Å². The van der Waals surface area contributed by atoms with E-state index in [1.165, 1.54) is 6.07 Å². The molecule has 2 aromatic carbocycles. The number of rotatable bonds is 5. The van der Waals surface area contributed by atoms with E-state index in [2.05, 4.69) is 15.2 Å². The Kier molecular flexibility index (Phi) is 7.80. The van der Waals surface area contributed by atoms with E-state index in [4.69, 9.17) is 4.74 Å². The monoisotopic (exact) mass is 549 g/mol. The number of nitrogens with one attached hydrogen (secondary N) is 2. The van der Waals surface area contributed by atoms with Gasteiger partial charge in [-0.2, -0.15) is 0 Å². The molecule has 0 spiro atoms. The quantitative estimate of drug-likeness (QED) is 0.493. The number of carbonyl (C=O) groups excluding carboxylic acids is 2. The summed E-state index contributed by atoms with van der Waals surface area (Å²) in [5.41, 5.74) is 0.751. The molecule has 2 aliphatic heterocycles. The lowest BCUT2D eigenvalue weighted by atomic mass is 9.91. The number of aromatic nitrogens is 2. The first-order chi connectivity index (χ1) is 17.7. The fourth-order valence-corrected chi connectivity index (χ4v) is 5.42. The van der Waals surface area contributed by atoms with Crippen LogP contribution in [0, 0.1) is 11.6 Å². The Morgan fingerprint density at radius 2 is 1.82 bits per heavy atom. The zero-order valence-electron chi connectivity index (χ0n) is 21.1. The lowest BCUT2D eigenvalue weighted by molar-refractivity contribution is 0.0676. The Balaban J connectivity index is 0.00000336. The smallest absolute Gasteiger partial charge is 0.419 e.